The van der Waals surface area contributed by atoms with Gasteiger partial charge in [-0.1, -0.05) is 30.3 Å². The highest BCUT2D eigenvalue weighted by Crippen LogP contribution is 2.15. The van der Waals surface area contributed by atoms with Crippen LogP contribution in [-0.2, 0) is 4.79 Å². The summed E-state index contributed by atoms with van der Waals surface area (Å²) in [6, 6.07) is 14.6. The standard InChI is InChI=1S/C19H16N2O3/c1-13-20-18-11-14(7-9-16(23)12-22)8-10-17(18)19(24)21(13)15-5-3-2-4-6-15/h2-11,22H,12H2,1H3/b9-7+. The van der Waals surface area contributed by atoms with Gasteiger partial charge in [0.05, 0.1) is 16.6 Å². The molecule has 5 heteroatoms. The second-order valence-corrected chi connectivity index (χ2v) is 5.37. The Morgan fingerprint density at radius 1 is 1.21 bits per heavy atom. The zero-order valence-corrected chi connectivity index (χ0v) is 13.1. The maximum Gasteiger partial charge on any atom is 0.265 e. The first-order valence-electron chi connectivity index (χ1n) is 7.51. The van der Waals surface area contributed by atoms with E-state index in [-0.39, 0.29) is 11.3 Å². The Hall–Kier alpha value is -3.05. The fourth-order valence-electron chi connectivity index (χ4n) is 2.54. The van der Waals surface area contributed by atoms with Crippen LogP contribution in [0.3, 0.4) is 0 Å². The van der Waals surface area contributed by atoms with Crippen LogP contribution < -0.4 is 5.56 Å². The van der Waals surface area contributed by atoms with E-state index < -0.39 is 6.61 Å². The van der Waals surface area contributed by atoms with E-state index in [0.717, 1.165) is 11.3 Å². The molecule has 0 atom stereocenters. The van der Waals surface area contributed by atoms with Crippen LogP contribution in [0.5, 0.6) is 0 Å². The number of fused-ring (bicyclic) bond motifs is 1. The Labute approximate surface area is 138 Å². The van der Waals surface area contributed by atoms with Gasteiger partial charge >= 0.3 is 0 Å². The first kappa shape index (κ1) is 15.8. The van der Waals surface area contributed by atoms with Crippen LogP contribution in [-0.4, -0.2) is 27.0 Å². The average Bonchev–Trinajstić information content (AvgIpc) is 2.60. The van der Waals surface area contributed by atoms with Gasteiger partial charge in [-0.05, 0) is 42.8 Å². The van der Waals surface area contributed by atoms with Crippen molar-refractivity contribution in [3.05, 3.63) is 76.3 Å². The SMILES string of the molecule is Cc1nc2cc(/C=C/C(=O)CO)ccc2c(=O)n1-c1ccccc1. The van der Waals surface area contributed by atoms with E-state index in [9.17, 15) is 9.59 Å². The molecule has 2 aromatic carbocycles. The smallest absolute Gasteiger partial charge is 0.265 e. The number of ketones is 1. The zero-order chi connectivity index (χ0) is 17.1. The van der Waals surface area contributed by atoms with Gasteiger partial charge in [0, 0.05) is 0 Å². The summed E-state index contributed by atoms with van der Waals surface area (Å²) in [5, 5.41) is 9.25. The predicted molar refractivity (Wildman–Crippen MR) is 93.2 cm³/mol. The van der Waals surface area contributed by atoms with E-state index in [2.05, 4.69) is 4.98 Å². The summed E-state index contributed by atoms with van der Waals surface area (Å²) in [7, 11) is 0. The van der Waals surface area contributed by atoms with Crippen molar-refractivity contribution < 1.29 is 9.90 Å². The first-order chi connectivity index (χ1) is 11.6. The van der Waals surface area contributed by atoms with Crippen molar-refractivity contribution in [3.63, 3.8) is 0 Å². The number of carbonyl (C=O) groups is 1. The quantitative estimate of drug-likeness (QED) is 0.749. The average molecular weight is 320 g/mol. The Morgan fingerprint density at radius 2 is 1.96 bits per heavy atom. The third-order valence-electron chi connectivity index (χ3n) is 3.69. The lowest BCUT2D eigenvalue weighted by atomic mass is 10.1. The van der Waals surface area contributed by atoms with Gasteiger partial charge < -0.3 is 5.11 Å². The number of benzene rings is 2. The summed E-state index contributed by atoms with van der Waals surface area (Å²) in [4.78, 5) is 28.5. The van der Waals surface area contributed by atoms with E-state index in [1.807, 2.05) is 30.3 Å². The lowest BCUT2D eigenvalue weighted by molar-refractivity contribution is -0.117. The molecular weight excluding hydrogens is 304 g/mol. The number of aliphatic hydroxyl groups excluding tert-OH is 1. The van der Waals surface area contributed by atoms with Crippen LogP contribution in [0, 0.1) is 6.92 Å². The van der Waals surface area contributed by atoms with Crippen LogP contribution in [0.25, 0.3) is 22.7 Å². The van der Waals surface area contributed by atoms with Gasteiger partial charge in [0.15, 0.2) is 5.78 Å². The number of hydrogen-bond donors (Lipinski definition) is 1. The lowest BCUT2D eigenvalue weighted by Gasteiger charge is -2.11. The third kappa shape index (κ3) is 3.02. The second-order valence-electron chi connectivity index (χ2n) is 5.37. The van der Waals surface area contributed by atoms with E-state index in [1.54, 1.807) is 35.8 Å². The van der Waals surface area contributed by atoms with Crippen molar-refractivity contribution in [2.75, 3.05) is 6.61 Å². The summed E-state index contributed by atoms with van der Waals surface area (Å²) in [5.74, 6) is 0.213. The van der Waals surface area contributed by atoms with Crippen molar-refractivity contribution in [3.8, 4) is 5.69 Å². The van der Waals surface area contributed by atoms with Crippen LogP contribution in [0.1, 0.15) is 11.4 Å². The molecular formula is C19H16N2O3. The molecule has 0 aliphatic rings. The molecule has 0 unspecified atom stereocenters. The Morgan fingerprint density at radius 3 is 2.67 bits per heavy atom. The van der Waals surface area contributed by atoms with Gasteiger partial charge in [0.2, 0.25) is 0 Å². The van der Waals surface area contributed by atoms with E-state index in [4.69, 9.17) is 5.11 Å². The summed E-state index contributed by atoms with van der Waals surface area (Å²) in [5.41, 5.74) is 1.95. The normalized spacial score (nSPS) is 11.2. The van der Waals surface area contributed by atoms with Crippen LogP contribution >= 0.6 is 0 Å². The summed E-state index contributed by atoms with van der Waals surface area (Å²) >= 11 is 0. The fraction of sp³-hybridized carbons (Fsp3) is 0.105. The minimum Gasteiger partial charge on any atom is -0.388 e. The summed E-state index contributed by atoms with van der Waals surface area (Å²) in [6.45, 7) is 1.26. The minimum atomic E-state index is -0.525. The molecule has 0 saturated carbocycles. The Bertz CT molecular complexity index is 989. The van der Waals surface area contributed by atoms with Crippen LogP contribution in [0.15, 0.2) is 59.4 Å². The number of para-hydroxylation sites is 1. The molecule has 5 nitrogen and oxygen atoms in total. The number of nitrogens with zero attached hydrogens (tertiary/aromatic N) is 2. The van der Waals surface area contributed by atoms with Crippen molar-refractivity contribution in [1.29, 1.82) is 0 Å². The molecule has 3 rings (SSSR count). The zero-order valence-electron chi connectivity index (χ0n) is 13.1. The molecule has 0 spiro atoms. The highest BCUT2D eigenvalue weighted by Gasteiger charge is 2.09. The maximum absolute atomic E-state index is 12.8. The largest absolute Gasteiger partial charge is 0.388 e. The minimum absolute atomic E-state index is 0.134. The third-order valence-corrected chi connectivity index (χ3v) is 3.69. The van der Waals surface area contributed by atoms with E-state index >= 15 is 0 Å². The van der Waals surface area contributed by atoms with Gasteiger partial charge in [0.1, 0.15) is 12.4 Å². The molecule has 0 radical (unpaired) electrons. The molecule has 0 fully saturated rings. The number of aliphatic hydroxyl groups is 1. The predicted octanol–water partition coefficient (Wildman–Crippen LogP) is 2.27. The molecule has 1 N–H and O–H groups in total. The maximum atomic E-state index is 12.8. The van der Waals surface area contributed by atoms with Gasteiger partial charge in [-0.3, -0.25) is 14.2 Å². The topological polar surface area (TPSA) is 72.2 Å². The molecule has 0 aliphatic carbocycles. The number of aryl methyl sites for hydroxylation is 1. The Balaban J connectivity index is 2.13. The molecule has 3 aromatic rings. The monoisotopic (exact) mass is 320 g/mol. The second kappa shape index (κ2) is 6.60. The van der Waals surface area contributed by atoms with E-state index in [0.29, 0.717) is 16.7 Å². The van der Waals surface area contributed by atoms with Crippen LogP contribution in [0.4, 0.5) is 0 Å². The summed E-state index contributed by atoms with van der Waals surface area (Å²) < 4.78 is 1.58. The molecule has 1 aromatic heterocycles. The molecule has 1 heterocycles. The van der Waals surface area contributed by atoms with Gasteiger partial charge in [-0.25, -0.2) is 4.98 Å². The van der Waals surface area contributed by atoms with E-state index in [1.165, 1.54) is 6.08 Å². The van der Waals surface area contributed by atoms with Gasteiger partial charge in [-0.15, -0.1) is 0 Å². The highest BCUT2D eigenvalue weighted by atomic mass is 16.3. The Kier molecular flexibility index (Phi) is 4.35. The van der Waals surface area contributed by atoms with Crippen molar-refractivity contribution in [2.24, 2.45) is 0 Å². The number of hydrogen-bond acceptors (Lipinski definition) is 4. The van der Waals surface area contributed by atoms with Crippen molar-refractivity contribution >= 4 is 22.8 Å². The van der Waals surface area contributed by atoms with Crippen molar-refractivity contribution in [1.82, 2.24) is 9.55 Å². The summed E-state index contributed by atoms with van der Waals surface area (Å²) in [6.07, 6.45) is 2.90. The molecule has 24 heavy (non-hydrogen) atoms. The number of rotatable bonds is 4. The number of carbonyl (C=O) groups excluding carboxylic acids is 1. The molecule has 0 aliphatic heterocycles. The van der Waals surface area contributed by atoms with Gasteiger partial charge in [0.25, 0.3) is 5.56 Å². The fourth-order valence-corrected chi connectivity index (χ4v) is 2.54. The molecule has 120 valence electrons. The van der Waals surface area contributed by atoms with Crippen LogP contribution in [0.2, 0.25) is 0 Å². The van der Waals surface area contributed by atoms with Crippen molar-refractivity contribution in [2.45, 2.75) is 6.92 Å². The lowest BCUT2D eigenvalue weighted by Crippen LogP contribution is -2.22. The molecule has 0 amide bonds. The molecule has 0 bridgehead atoms. The number of aromatic nitrogens is 2. The molecule has 0 saturated heterocycles. The highest BCUT2D eigenvalue weighted by molar-refractivity contribution is 5.94. The first-order valence-corrected chi connectivity index (χ1v) is 7.51. The van der Waals surface area contributed by atoms with Gasteiger partial charge in [-0.2, -0.15) is 0 Å².